The zero-order valence-electron chi connectivity index (χ0n) is 13.1. The van der Waals surface area contributed by atoms with E-state index in [1.807, 2.05) is 0 Å². The van der Waals surface area contributed by atoms with Crippen LogP contribution in [0.2, 0.25) is 5.02 Å². The number of halogens is 2. The number of hydrogen-bond donors (Lipinski definition) is 2. The van der Waals surface area contributed by atoms with Crippen molar-refractivity contribution in [3.63, 3.8) is 0 Å². The van der Waals surface area contributed by atoms with Crippen LogP contribution in [0.1, 0.15) is 43.8 Å². The Morgan fingerprint density at radius 1 is 1.39 bits per heavy atom. The minimum atomic E-state index is -0.721. The molecule has 1 aliphatic heterocycles. The summed E-state index contributed by atoms with van der Waals surface area (Å²) in [6.45, 7) is 1.30. The van der Waals surface area contributed by atoms with Crippen LogP contribution in [0, 0.1) is 17.2 Å². The molecule has 1 spiro atoms. The lowest BCUT2D eigenvalue weighted by Crippen LogP contribution is -2.67. The lowest BCUT2D eigenvalue weighted by molar-refractivity contribution is -0.132. The second-order valence-corrected chi connectivity index (χ2v) is 7.67. The van der Waals surface area contributed by atoms with Gasteiger partial charge in [0.2, 0.25) is 0 Å². The van der Waals surface area contributed by atoms with E-state index in [1.165, 1.54) is 37.8 Å². The average Bonchev–Trinajstić information content (AvgIpc) is 3.18. The van der Waals surface area contributed by atoms with E-state index >= 15 is 0 Å². The number of aliphatic hydroxyl groups is 1. The van der Waals surface area contributed by atoms with Crippen LogP contribution in [0.25, 0.3) is 0 Å². The van der Waals surface area contributed by atoms with Gasteiger partial charge in [0.25, 0.3) is 0 Å². The molecule has 3 fully saturated rings. The fourth-order valence-corrected chi connectivity index (χ4v) is 5.20. The third-order valence-corrected chi connectivity index (χ3v) is 6.45. The number of nitrogens with one attached hydrogen (secondary N) is 1. The molecule has 1 aromatic rings. The van der Waals surface area contributed by atoms with Gasteiger partial charge in [0, 0.05) is 30.5 Å². The highest BCUT2D eigenvalue weighted by Crippen LogP contribution is 2.60. The Morgan fingerprint density at radius 3 is 2.91 bits per heavy atom. The van der Waals surface area contributed by atoms with Crippen molar-refractivity contribution in [1.29, 1.82) is 0 Å². The first-order valence-corrected chi connectivity index (χ1v) is 8.98. The Balaban J connectivity index is 1.42. The predicted octanol–water partition coefficient (Wildman–Crippen LogP) is 3.45. The van der Waals surface area contributed by atoms with Gasteiger partial charge in [0.1, 0.15) is 5.82 Å². The number of fused-ring (bicyclic) bond motifs is 2. The molecule has 3 aliphatic rings. The van der Waals surface area contributed by atoms with Crippen molar-refractivity contribution in [2.24, 2.45) is 11.3 Å². The smallest absolute Gasteiger partial charge is 0.142 e. The number of ether oxygens (including phenoxy) is 1. The van der Waals surface area contributed by atoms with Crippen LogP contribution in [-0.2, 0) is 4.74 Å². The van der Waals surface area contributed by atoms with E-state index in [0.717, 1.165) is 13.0 Å². The molecular formula is C18H23ClFNO2. The lowest BCUT2D eigenvalue weighted by atomic mass is 9.54. The number of hydrogen-bond acceptors (Lipinski definition) is 3. The van der Waals surface area contributed by atoms with Crippen LogP contribution < -0.4 is 5.32 Å². The maximum Gasteiger partial charge on any atom is 0.142 e. The number of rotatable bonds is 4. The Morgan fingerprint density at radius 2 is 2.17 bits per heavy atom. The van der Waals surface area contributed by atoms with Crippen LogP contribution in [0.15, 0.2) is 18.2 Å². The highest BCUT2D eigenvalue weighted by Gasteiger charge is 2.64. The highest BCUT2D eigenvalue weighted by atomic mass is 35.5. The second kappa shape index (κ2) is 5.99. The molecule has 4 rings (SSSR count). The van der Waals surface area contributed by atoms with Gasteiger partial charge in [-0.05, 0) is 37.0 Å². The summed E-state index contributed by atoms with van der Waals surface area (Å²) in [6, 6.07) is 4.93. The molecule has 3 nitrogen and oxygen atoms in total. The minimum absolute atomic E-state index is 0.0868. The minimum Gasteiger partial charge on any atom is -0.387 e. The molecule has 0 radical (unpaired) electrons. The van der Waals surface area contributed by atoms with Gasteiger partial charge >= 0.3 is 0 Å². The molecule has 5 heteroatoms. The van der Waals surface area contributed by atoms with Crippen molar-refractivity contribution in [3.8, 4) is 0 Å². The molecule has 2 N–H and O–H groups in total. The molecule has 1 aromatic carbocycles. The summed E-state index contributed by atoms with van der Waals surface area (Å²) in [5.41, 5.74) is 0.838. The monoisotopic (exact) mass is 339 g/mol. The van der Waals surface area contributed by atoms with Crippen molar-refractivity contribution < 1.29 is 14.2 Å². The summed E-state index contributed by atoms with van der Waals surface area (Å²) in [5, 5.41) is 14.0. The fourth-order valence-electron chi connectivity index (χ4n) is 5.08. The number of benzene rings is 1. The third kappa shape index (κ3) is 2.51. The van der Waals surface area contributed by atoms with E-state index in [2.05, 4.69) is 5.32 Å². The topological polar surface area (TPSA) is 41.5 Å². The molecule has 1 saturated heterocycles. The molecule has 4 atom stereocenters. The molecule has 2 saturated carbocycles. The van der Waals surface area contributed by atoms with Crippen LogP contribution in [0.5, 0.6) is 0 Å². The molecule has 0 amide bonds. The fraction of sp³-hybridized carbons (Fsp3) is 0.667. The van der Waals surface area contributed by atoms with Gasteiger partial charge < -0.3 is 15.2 Å². The first kappa shape index (κ1) is 15.8. The van der Waals surface area contributed by atoms with Gasteiger partial charge in [-0.2, -0.15) is 0 Å². The molecule has 126 valence electrons. The van der Waals surface area contributed by atoms with Gasteiger partial charge in [0.15, 0.2) is 0 Å². The molecule has 1 heterocycles. The van der Waals surface area contributed by atoms with Crippen LogP contribution in [0.3, 0.4) is 0 Å². The summed E-state index contributed by atoms with van der Waals surface area (Å²) in [7, 11) is 0. The maximum atomic E-state index is 13.6. The van der Waals surface area contributed by atoms with E-state index in [-0.39, 0.29) is 10.4 Å². The first-order valence-electron chi connectivity index (χ1n) is 8.60. The summed E-state index contributed by atoms with van der Waals surface area (Å²) < 4.78 is 19.5. The molecule has 23 heavy (non-hydrogen) atoms. The van der Waals surface area contributed by atoms with Crippen molar-refractivity contribution in [3.05, 3.63) is 34.6 Å². The lowest BCUT2D eigenvalue weighted by Gasteiger charge is -2.57. The molecule has 0 bridgehead atoms. The largest absolute Gasteiger partial charge is 0.387 e. The van der Waals surface area contributed by atoms with Gasteiger partial charge in [0.05, 0.1) is 17.2 Å². The molecular weight excluding hydrogens is 317 g/mol. The summed E-state index contributed by atoms with van der Waals surface area (Å²) in [4.78, 5) is 0. The van der Waals surface area contributed by atoms with Crippen molar-refractivity contribution in [2.75, 3.05) is 13.2 Å². The molecule has 2 aliphatic carbocycles. The van der Waals surface area contributed by atoms with E-state index in [4.69, 9.17) is 16.3 Å². The zero-order chi connectivity index (χ0) is 16.0. The standard InChI is InChI=1S/C18H23ClFNO2/c19-13-4-3-11(9-14(13)20)15(22)10-21-16-12-5-8-23-17(12)18(16)6-1-2-7-18/h3-4,9,12,15-17,21-22H,1-2,5-8,10H2. The average molecular weight is 340 g/mol. The Hall–Kier alpha value is -0.680. The zero-order valence-corrected chi connectivity index (χ0v) is 13.9. The Kier molecular flexibility index (Phi) is 4.12. The second-order valence-electron chi connectivity index (χ2n) is 7.26. The summed E-state index contributed by atoms with van der Waals surface area (Å²) in [5.74, 6) is 0.0886. The molecule has 4 unspecified atom stereocenters. The normalized spacial score (nSPS) is 32.7. The van der Waals surface area contributed by atoms with Crippen molar-refractivity contribution in [1.82, 2.24) is 5.32 Å². The van der Waals surface area contributed by atoms with E-state index in [9.17, 15) is 9.50 Å². The third-order valence-electron chi connectivity index (χ3n) is 6.15. The highest BCUT2D eigenvalue weighted by molar-refractivity contribution is 6.30. The first-order chi connectivity index (χ1) is 11.1. The van der Waals surface area contributed by atoms with Gasteiger partial charge in [-0.3, -0.25) is 0 Å². The molecule has 0 aromatic heterocycles. The van der Waals surface area contributed by atoms with Crippen molar-refractivity contribution in [2.45, 2.75) is 50.4 Å². The van der Waals surface area contributed by atoms with Crippen molar-refractivity contribution >= 4 is 11.6 Å². The van der Waals surface area contributed by atoms with Gasteiger partial charge in [-0.25, -0.2) is 4.39 Å². The summed E-state index contributed by atoms with van der Waals surface area (Å²) in [6.07, 6.45) is 5.78. The van der Waals surface area contributed by atoms with Crippen LogP contribution in [-0.4, -0.2) is 30.4 Å². The van der Waals surface area contributed by atoms with Crippen LogP contribution in [0.4, 0.5) is 4.39 Å². The van der Waals surface area contributed by atoms with E-state index in [1.54, 1.807) is 6.07 Å². The van der Waals surface area contributed by atoms with Gasteiger partial charge in [-0.1, -0.05) is 30.5 Å². The Bertz CT molecular complexity index is 590. The maximum absolute atomic E-state index is 13.6. The SMILES string of the molecule is OC(CNC1C2CCOC2C12CCCC2)c1ccc(Cl)c(F)c1. The van der Waals surface area contributed by atoms with E-state index in [0.29, 0.717) is 30.2 Å². The van der Waals surface area contributed by atoms with Gasteiger partial charge in [-0.15, -0.1) is 0 Å². The van der Waals surface area contributed by atoms with E-state index < -0.39 is 11.9 Å². The van der Waals surface area contributed by atoms with Crippen LogP contribution >= 0.6 is 11.6 Å². The summed E-state index contributed by atoms with van der Waals surface area (Å²) >= 11 is 5.70. The quantitative estimate of drug-likeness (QED) is 0.882. The predicted molar refractivity (Wildman–Crippen MR) is 86.9 cm³/mol. The number of aliphatic hydroxyl groups excluding tert-OH is 1. The Labute approximate surface area is 141 Å².